The summed E-state index contributed by atoms with van der Waals surface area (Å²) >= 11 is 0. The Balaban J connectivity index is 1.51. The Bertz CT molecular complexity index is 1610. The molecule has 0 spiro atoms. The number of amides is 2. The molecule has 1 atom stereocenters. The smallest absolute Gasteiger partial charge is 0.415 e. The van der Waals surface area contributed by atoms with Gasteiger partial charge in [-0.05, 0) is 54.4 Å². The predicted octanol–water partition coefficient (Wildman–Crippen LogP) is 4.56. The van der Waals surface area contributed by atoms with Gasteiger partial charge in [0.05, 0.1) is 12.7 Å². The number of carbonyl (C=O) groups excluding carboxylic acids is 3. The summed E-state index contributed by atoms with van der Waals surface area (Å²) in [5.41, 5.74) is 0.166. The van der Waals surface area contributed by atoms with Crippen LogP contribution in [0.25, 0.3) is 22.1 Å². The number of hydrogen-bond donors (Lipinski definition) is 1. The van der Waals surface area contributed by atoms with Gasteiger partial charge in [0.25, 0.3) is 5.91 Å². The quantitative estimate of drug-likeness (QED) is 0.312. The number of alkyl carbamates (subject to hydrolysis) is 1. The number of carbonyl (C=O) groups is 3. The monoisotopic (exact) mass is 485 g/mol. The van der Waals surface area contributed by atoms with Gasteiger partial charge < -0.3 is 18.6 Å². The molecule has 1 aromatic heterocycles. The summed E-state index contributed by atoms with van der Waals surface area (Å²) in [5.74, 6) is 0.553. The van der Waals surface area contributed by atoms with Crippen LogP contribution in [-0.4, -0.2) is 25.4 Å². The predicted molar refractivity (Wildman–Crippen MR) is 128 cm³/mol. The molecule has 2 heterocycles. The first-order chi connectivity index (χ1) is 17.3. The van der Waals surface area contributed by atoms with E-state index < -0.39 is 23.2 Å². The highest BCUT2D eigenvalue weighted by Gasteiger charge is 2.46. The van der Waals surface area contributed by atoms with Gasteiger partial charge >= 0.3 is 11.7 Å². The first-order valence-electron chi connectivity index (χ1n) is 10.8. The normalized spacial score (nSPS) is 16.9. The van der Waals surface area contributed by atoms with Gasteiger partial charge in [-0.1, -0.05) is 18.2 Å². The average molecular weight is 485 g/mol. The standard InChI is InChI=1S/C27H19NO8/c1-27(25(31)28-26(32)36-27)17-4-3-5-19(11-17)34-22-9-6-15(10-16(22)14-29)21-13-24(30)35-23-12-18(33-2)7-8-20(21)23/h3-14H,1-2H3,(H,28,31,32)/t27-/m1/s1. The van der Waals surface area contributed by atoms with Gasteiger partial charge in [0.15, 0.2) is 6.29 Å². The van der Waals surface area contributed by atoms with Crippen LogP contribution >= 0.6 is 0 Å². The second-order valence-electron chi connectivity index (χ2n) is 8.22. The zero-order valence-electron chi connectivity index (χ0n) is 19.2. The topological polar surface area (TPSA) is 121 Å². The average Bonchev–Trinajstić information content (AvgIpc) is 3.15. The maximum Gasteiger partial charge on any atom is 0.415 e. The van der Waals surface area contributed by atoms with E-state index in [2.05, 4.69) is 5.32 Å². The number of nitrogens with one attached hydrogen (secondary N) is 1. The minimum absolute atomic E-state index is 0.240. The van der Waals surface area contributed by atoms with E-state index in [4.69, 9.17) is 18.6 Å². The van der Waals surface area contributed by atoms with E-state index in [1.807, 2.05) is 0 Å². The van der Waals surface area contributed by atoms with E-state index in [1.165, 1.54) is 20.1 Å². The van der Waals surface area contributed by atoms with Gasteiger partial charge in [-0.2, -0.15) is 0 Å². The Morgan fingerprint density at radius 3 is 2.50 bits per heavy atom. The first-order valence-corrected chi connectivity index (χ1v) is 10.8. The van der Waals surface area contributed by atoms with Crippen LogP contribution in [0.2, 0.25) is 0 Å². The van der Waals surface area contributed by atoms with Gasteiger partial charge in [-0.3, -0.25) is 14.9 Å². The fraction of sp³-hybridized carbons (Fsp3) is 0.111. The Kier molecular flexibility index (Phi) is 5.52. The highest BCUT2D eigenvalue weighted by molar-refractivity contribution is 6.03. The molecule has 1 aliphatic heterocycles. The molecule has 1 saturated heterocycles. The Labute approximate surface area is 204 Å². The van der Waals surface area contributed by atoms with Crippen molar-refractivity contribution in [3.63, 3.8) is 0 Å². The number of methoxy groups -OCH3 is 1. The van der Waals surface area contributed by atoms with Crippen LogP contribution in [0.1, 0.15) is 22.8 Å². The molecule has 36 heavy (non-hydrogen) atoms. The molecule has 0 unspecified atom stereocenters. The molecule has 1 N–H and O–H groups in total. The lowest BCUT2D eigenvalue weighted by Crippen LogP contribution is -2.33. The number of hydrogen-bond acceptors (Lipinski definition) is 8. The minimum atomic E-state index is -1.49. The van der Waals surface area contributed by atoms with E-state index in [9.17, 15) is 19.2 Å². The van der Waals surface area contributed by atoms with Crippen molar-refractivity contribution in [2.45, 2.75) is 12.5 Å². The van der Waals surface area contributed by atoms with E-state index >= 15 is 0 Å². The van der Waals surface area contributed by atoms with Crippen LogP contribution in [0.5, 0.6) is 17.2 Å². The number of benzene rings is 3. The highest BCUT2D eigenvalue weighted by Crippen LogP contribution is 2.36. The molecule has 0 saturated carbocycles. The van der Waals surface area contributed by atoms with E-state index in [0.717, 1.165) is 0 Å². The Hall–Kier alpha value is -4.92. The lowest BCUT2D eigenvalue weighted by atomic mass is 9.95. The van der Waals surface area contributed by atoms with Crippen LogP contribution in [0.3, 0.4) is 0 Å². The highest BCUT2D eigenvalue weighted by atomic mass is 16.6. The number of aldehydes is 1. The third-order valence-electron chi connectivity index (χ3n) is 5.96. The molecule has 0 bridgehead atoms. The third kappa shape index (κ3) is 3.96. The van der Waals surface area contributed by atoms with Crippen molar-refractivity contribution >= 4 is 29.3 Å². The Morgan fingerprint density at radius 1 is 0.944 bits per heavy atom. The van der Waals surface area contributed by atoms with Gasteiger partial charge in [-0.15, -0.1) is 0 Å². The fourth-order valence-electron chi connectivity index (χ4n) is 4.05. The Morgan fingerprint density at radius 2 is 1.78 bits per heavy atom. The molecular formula is C27H19NO8. The van der Waals surface area contributed by atoms with Crippen molar-refractivity contribution in [2.24, 2.45) is 0 Å². The molecule has 180 valence electrons. The summed E-state index contributed by atoms with van der Waals surface area (Å²) in [7, 11) is 1.52. The van der Waals surface area contributed by atoms with Crippen LogP contribution < -0.4 is 20.4 Å². The second-order valence-corrected chi connectivity index (χ2v) is 8.22. The summed E-state index contributed by atoms with van der Waals surface area (Å²) in [6.45, 7) is 1.48. The molecule has 4 aromatic rings. The van der Waals surface area contributed by atoms with Gasteiger partial charge in [0.1, 0.15) is 22.8 Å². The zero-order valence-corrected chi connectivity index (χ0v) is 19.2. The van der Waals surface area contributed by atoms with Gasteiger partial charge in [0.2, 0.25) is 5.60 Å². The molecule has 9 heteroatoms. The summed E-state index contributed by atoms with van der Waals surface area (Å²) in [6.07, 6.45) is -0.180. The molecule has 0 aliphatic carbocycles. The lowest BCUT2D eigenvalue weighted by Gasteiger charge is -2.20. The maximum absolute atomic E-state index is 12.2. The minimum Gasteiger partial charge on any atom is -0.497 e. The van der Waals surface area contributed by atoms with Gasteiger partial charge in [0, 0.05) is 23.1 Å². The lowest BCUT2D eigenvalue weighted by molar-refractivity contribution is -0.130. The molecule has 1 fully saturated rings. The van der Waals surface area contributed by atoms with Crippen molar-refractivity contribution in [1.29, 1.82) is 0 Å². The summed E-state index contributed by atoms with van der Waals surface area (Å²) in [5, 5.41) is 2.79. The molecule has 9 nitrogen and oxygen atoms in total. The van der Waals surface area contributed by atoms with Crippen molar-refractivity contribution in [2.75, 3.05) is 7.11 Å². The number of rotatable bonds is 6. The molecule has 5 rings (SSSR count). The van der Waals surface area contributed by atoms with Crippen molar-refractivity contribution < 1.29 is 33.0 Å². The van der Waals surface area contributed by atoms with E-state index in [1.54, 1.807) is 60.7 Å². The number of imide groups is 1. The van der Waals surface area contributed by atoms with E-state index in [0.29, 0.717) is 45.4 Å². The van der Waals surface area contributed by atoms with Crippen molar-refractivity contribution in [3.05, 3.63) is 88.3 Å². The third-order valence-corrected chi connectivity index (χ3v) is 5.96. The summed E-state index contributed by atoms with van der Waals surface area (Å²) in [4.78, 5) is 47.9. The van der Waals surface area contributed by atoms with Crippen LogP contribution in [0.15, 0.2) is 75.9 Å². The molecule has 2 amide bonds. The SMILES string of the molecule is COc1ccc2c(-c3ccc(Oc4cccc([C@@]5(C)OC(=O)NC5=O)c4)c(C=O)c3)cc(=O)oc2c1. The van der Waals surface area contributed by atoms with Crippen molar-refractivity contribution in [3.8, 4) is 28.4 Å². The fourth-order valence-corrected chi connectivity index (χ4v) is 4.05. The van der Waals surface area contributed by atoms with Crippen LogP contribution in [0.4, 0.5) is 4.79 Å². The largest absolute Gasteiger partial charge is 0.497 e. The number of fused-ring (bicyclic) bond motifs is 1. The van der Waals surface area contributed by atoms with Crippen molar-refractivity contribution in [1.82, 2.24) is 5.32 Å². The maximum atomic E-state index is 12.2. The second kappa shape index (κ2) is 8.70. The van der Waals surface area contributed by atoms with E-state index in [-0.39, 0.29) is 11.3 Å². The number of cyclic esters (lactones) is 1. The molecule has 0 radical (unpaired) electrons. The summed E-state index contributed by atoms with van der Waals surface area (Å²) in [6, 6.07) is 17.9. The van der Waals surface area contributed by atoms with Gasteiger partial charge in [-0.25, -0.2) is 9.59 Å². The van der Waals surface area contributed by atoms with Crippen LogP contribution in [-0.2, 0) is 15.1 Å². The first kappa shape index (κ1) is 22.9. The molecule has 3 aromatic carbocycles. The van der Waals surface area contributed by atoms with Crippen LogP contribution in [0, 0.1) is 0 Å². The molecular weight excluding hydrogens is 466 g/mol. The number of ether oxygens (including phenoxy) is 3. The summed E-state index contributed by atoms with van der Waals surface area (Å²) < 4.78 is 21.6. The zero-order chi connectivity index (χ0) is 25.4. The molecule has 1 aliphatic rings.